The van der Waals surface area contributed by atoms with Crippen LogP contribution in [0.4, 0.5) is 0 Å². The van der Waals surface area contributed by atoms with Gasteiger partial charge < -0.3 is 9.54 Å². The summed E-state index contributed by atoms with van der Waals surface area (Å²) in [4.78, 5) is 3.21. The molecule has 1 N–H and O–H groups in total. The highest BCUT2D eigenvalue weighted by Crippen LogP contribution is 2.30. The predicted octanol–water partition coefficient (Wildman–Crippen LogP) is 1.82. The highest BCUT2D eigenvalue weighted by molar-refractivity contribution is 7.79. The van der Waals surface area contributed by atoms with Crippen LogP contribution in [0.3, 0.4) is 0 Å². The van der Waals surface area contributed by atoms with Crippen molar-refractivity contribution in [1.82, 2.24) is 4.98 Å². The van der Waals surface area contributed by atoms with E-state index in [-0.39, 0.29) is 0 Å². The van der Waals surface area contributed by atoms with Crippen molar-refractivity contribution < 1.29 is 8.76 Å². The highest BCUT2D eigenvalue weighted by atomic mass is 32.2. The summed E-state index contributed by atoms with van der Waals surface area (Å²) in [5.74, 6) is 0. The summed E-state index contributed by atoms with van der Waals surface area (Å²) in [6.45, 7) is 0. The van der Waals surface area contributed by atoms with Crippen LogP contribution in [-0.4, -0.2) is 13.7 Å². The smallest absolute Gasteiger partial charge is 0.0498 e. The summed E-state index contributed by atoms with van der Waals surface area (Å²) < 4.78 is 21.6. The maximum atomic E-state index is 10.8. The van der Waals surface area contributed by atoms with Gasteiger partial charge in [0.2, 0.25) is 0 Å². The van der Waals surface area contributed by atoms with Crippen molar-refractivity contribution >= 4 is 16.7 Å². The van der Waals surface area contributed by atoms with E-state index >= 15 is 0 Å². The summed E-state index contributed by atoms with van der Waals surface area (Å²) in [6.07, 6.45) is 8.57. The molecule has 1 aliphatic rings. The van der Waals surface area contributed by atoms with Crippen molar-refractivity contribution in [2.24, 2.45) is 0 Å². The Morgan fingerprint density at radius 1 is 1.46 bits per heavy atom. The van der Waals surface area contributed by atoms with E-state index in [1.54, 1.807) is 6.20 Å². The standard InChI is InChI=1S/C9H11NO2S/c11-13(12)9-6-10-5-8(9)7-3-1-2-4-7/h3,5-6,10H,1-2,4H2,(H,11,12)/p-1. The molecule has 0 aliphatic heterocycles. The Morgan fingerprint density at radius 2 is 2.31 bits per heavy atom. The molecule has 1 unspecified atom stereocenters. The van der Waals surface area contributed by atoms with Gasteiger partial charge in [0.15, 0.2) is 0 Å². The SMILES string of the molecule is O=S([O-])c1c[nH]cc1C1=CCCC1. The summed E-state index contributed by atoms with van der Waals surface area (Å²) in [5, 5.41) is 0. The minimum atomic E-state index is -2.13. The first-order valence-electron chi connectivity index (χ1n) is 4.24. The van der Waals surface area contributed by atoms with Crippen molar-refractivity contribution in [2.75, 3.05) is 0 Å². The number of allylic oxidation sites excluding steroid dienone is 2. The second-order valence-corrected chi connectivity index (χ2v) is 4.00. The van der Waals surface area contributed by atoms with E-state index in [1.165, 1.54) is 6.20 Å². The average molecular weight is 196 g/mol. The zero-order chi connectivity index (χ0) is 9.26. The van der Waals surface area contributed by atoms with Gasteiger partial charge in [0.25, 0.3) is 0 Å². The van der Waals surface area contributed by atoms with E-state index in [0.717, 1.165) is 30.4 Å². The first-order valence-corrected chi connectivity index (χ1v) is 5.32. The lowest BCUT2D eigenvalue weighted by atomic mass is 10.1. The minimum Gasteiger partial charge on any atom is -0.768 e. The average Bonchev–Trinajstić information content (AvgIpc) is 2.74. The van der Waals surface area contributed by atoms with Gasteiger partial charge in [-0.15, -0.1) is 0 Å². The van der Waals surface area contributed by atoms with Crippen LogP contribution in [0.2, 0.25) is 0 Å². The van der Waals surface area contributed by atoms with Crippen LogP contribution >= 0.6 is 0 Å². The highest BCUT2D eigenvalue weighted by Gasteiger charge is 2.12. The molecule has 1 heterocycles. The molecule has 70 valence electrons. The van der Waals surface area contributed by atoms with Crippen LogP contribution in [0.15, 0.2) is 23.4 Å². The second kappa shape index (κ2) is 3.47. The molecule has 0 bridgehead atoms. The molecule has 0 spiro atoms. The third-order valence-corrected chi connectivity index (χ3v) is 2.97. The Bertz CT molecular complexity index is 367. The van der Waals surface area contributed by atoms with Crippen molar-refractivity contribution in [3.05, 3.63) is 24.0 Å². The number of aromatic amines is 1. The molecule has 1 aromatic heterocycles. The topological polar surface area (TPSA) is 55.9 Å². The molecule has 4 heteroatoms. The maximum Gasteiger partial charge on any atom is 0.0498 e. The number of hydrogen-bond acceptors (Lipinski definition) is 2. The number of nitrogens with one attached hydrogen (secondary N) is 1. The van der Waals surface area contributed by atoms with E-state index in [2.05, 4.69) is 11.1 Å². The van der Waals surface area contributed by atoms with Gasteiger partial charge in [-0.3, -0.25) is 4.21 Å². The van der Waals surface area contributed by atoms with Crippen LogP contribution in [0.1, 0.15) is 24.8 Å². The Balaban J connectivity index is 2.39. The van der Waals surface area contributed by atoms with Crippen molar-refractivity contribution in [2.45, 2.75) is 24.2 Å². The zero-order valence-electron chi connectivity index (χ0n) is 7.08. The Kier molecular flexibility index (Phi) is 2.33. The molecule has 2 rings (SSSR count). The molecule has 0 amide bonds. The molecule has 1 aliphatic carbocycles. The van der Waals surface area contributed by atoms with Crippen LogP contribution in [0.5, 0.6) is 0 Å². The summed E-state index contributed by atoms with van der Waals surface area (Å²) >= 11 is -2.13. The predicted molar refractivity (Wildman–Crippen MR) is 49.8 cm³/mol. The number of H-pyrrole nitrogens is 1. The van der Waals surface area contributed by atoms with Gasteiger partial charge in [-0.1, -0.05) is 6.08 Å². The van der Waals surface area contributed by atoms with Gasteiger partial charge in [-0.25, -0.2) is 0 Å². The fourth-order valence-electron chi connectivity index (χ4n) is 1.65. The zero-order valence-corrected chi connectivity index (χ0v) is 7.89. The molecule has 0 radical (unpaired) electrons. The molecule has 3 nitrogen and oxygen atoms in total. The number of rotatable bonds is 2. The molecule has 0 saturated heterocycles. The number of hydrogen-bond donors (Lipinski definition) is 1. The fourth-order valence-corrected chi connectivity index (χ4v) is 2.19. The van der Waals surface area contributed by atoms with Crippen molar-refractivity contribution in [1.29, 1.82) is 0 Å². The quantitative estimate of drug-likeness (QED) is 0.733. The van der Waals surface area contributed by atoms with Gasteiger partial charge in [0.1, 0.15) is 0 Å². The molecule has 0 saturated carbocycles. The molecule has 0 aromatic carbocycles. The van der Waals surface area contributed by atoms with Gasteiger partial charge in [-0.2, -0.15) is 0 Å². The molecular formula is C9H10NO2S-. The van der Waals surface area contributed by atoms with E-state index in [4.69, 9.17) is 0 Å². The molecule has 13 heavy (non-hydrogen) atoms. The summed E-state index contributed by atoms with van der Waals surface area (Å²) in [5.41, 5.74) is 1.99. The minimum absolute atomic E-state index is 0.383. The molecule has 1 atom stereocenters. The van der Waals surface area contributed by atoms with Crippen LogP contribution in [0, 0.1) is 0 Å². The largest absolute Gasteiger partial charge is 0.768 e. The van der Waals surface area contributed by atoms with E-state index in [1.807, 2.05) is 0 Å². The van der Waals surface area contributed by atoms with E-state index in [0.29, 0.717) is 4.90 Å². The van der Waals surface area contributed by atoms with Crippen LogP contribution in [0.25, 0.3) is 5.57 Å². The maximum absolute atomic E-state index is 10.8. The van der Waals surface area contributed by atoms with Gasteiger partial charge in [0.05, 0.1) is 0 Å². The van der Waals surface area contributed by atoms with E-state index < -0.39 is 11.1 Å². The van der Waals surface area contributed by atoms with Gasteiger partial charge >= 0.3 is 0 Å². The lowest BCUT2D eigenvalue weighted by Gasteiger charge is -2.06. The van der Waals surface area contributed by atoms with Gasteiger partial charge in [-0.05, 0) is 35.9 Å². The molecule has 0 fully saturated rings. The summed E-state index contributed by atoms with van der Waals surface area (Å²) in [7, 11) is 0. The van der Waals surface area contributed by atoms with Crippen molar-refractivity contribution in [3.8, 4) is 0 Å². The summed E-state index contributed by atoms with van der Waals surface area (Å²) in [6, 6.07) is 0. The lowest BCUT2D eigenvalue weighted by Crippen LogP contribution is -1.90. The van der Waals surface area contributed by atoms with Gasteiger partial charge in [0, 0.05) is 22.9 Å². The number of aromatic nitrogens is 1. The van der Waals surface area contributed by atoms with Crippen LogP contribution < -0.4 is 0 Å². The fraction of sp³-hybridized carbons (Fsp3) is 0.333. The normalized spacial score (nSPS) is 18.7. The third kappa shape index (κ3) is 1.59. The first kappa shape index (κ1) is 8.72. The Morgan fingerprint density at radius 3 is 2.92 bits per heavy atom. The third-order valence-electron chi connectivity index (χ3n) is 2.27. The Labute approximate surface area is 79.1 Å². The van der Waals surface area contributed by atoms with Crippen LogP contribution in [-0.2, 0) is 11.1 Å². The second-order valence-electron chi connectivity index (χ2n) is 3.09. The molecule has 1 aromatic rings. The molecular weight excluding hydrogens is 186 g/mol. The monoisotopic (exact) mass is 196 g/mol. The first-order chi connectivity index (χ1) is 6.29. The Hall–Kier alpha value is -0.870. The van der Waals surface area contributed by atoms with Crippen molar-refractivity contribution in [3.63, 3.8) is 0 Å². The lowest BCUT2D eigenvalue weighted by molar-refractivity contribution is 0.537. The van der Waals surface area contributed by atoms with E-state index in [9.17, 15) is 8.76 Å².